The molecule has 0 saturated carbocycles. The fourth-order valence-corrected chi connectivity index (χ4v) is 10.6. The molecule has 6 amide bonds. The van der Waals surface area contributed by atoms with Crippen LogP contribution in [0.2, 0.25) is 0 Å². The van der Waals surface area contributed by atoms with Gasteiger partial charge in [-0.15, -0.1) is 11.8 Å². The number of nitrogen functional groups attached to an aromatic ring is 1. The lowest BCUT2D eigenvalue weighted by Gasteiger charge is -2.35. The fraction of sp³-hybridized carbons (Fsp3) is 0.408. The SMILES string of the molecule is Nc1ncnc2c1c(-c1ccc(Oc3ccccc3)cc1)nn2[C@@H]1CCCN(C(=O)CCCN2CCN(C(=O)CCCCCSc3cccc4c3C(=O)N(C3CCC(=O)NC3=O)C4=O)CC2)C1. The Balaban J connectivity index is 0.686. The lowest BCUT2D eigenvalue weighted by molar-refractivity contribution is -0.136. The number of thioether (sulfide) groups is 1. The van der Waals surface area contributed by atoms with Gasteiger partial charge in [-0.05, 0) is 99.4 Å². The number of carbonyl (C=O) groups is 6. The van der Waals surface area contributed by atoms with E-state index in [4.69, 9.17) is 15.6 Å². The number of benzene rings is 3. The zero-order chi connectivity index (χ0) is 46.4. The Bertz CT molecular complexity index is 2670. The topological polar surface area (TPSA) is 206 Å². The second kappa shape index (κ2) is 20.5. The van der Waals surface area contributed by atoms with Crippen molar-refractivity contribution in [2.45, 2.75) is 81.2 Å². The number of aromatic nitrogens is 4. The van der Waals surface area contributed by atoms with Gasteiger partial charge in [-0.25, -0.2) is 14.6 Å². The summed E-state index contributed by atoms with van der Waals surface area (Å²) in [6, 6.07) is 21.4. The Morgan fingerprint density at radius 3 is 2.33 bits per heavy atom. The molecule has 9 rings (SSSR count). The number of nitrogens with one attached hydrogen (secondary N) is 1. The van der Waals surface area contributed by atoms with Crippen LogP contribution in [-0.4, -0.2) is 132 Å². The largest absolute Gasteiger partial charge is 0.457 e. The average molecular weight is 927 g/mol. The zero-order valence-corrected chi connectivity index (χ0v) is 38.1. The van der Waals surface area contributed by atoms with Crippen LogP contribution in [0.15, 0.2) is 84.0 Å². The molecule has 0 aliphatic carbocycles. The molecular formula is C49H54N10O7S. The molecule has 4 aliphatic heterocycles. The van der Waals surface area contributed by atoms with Gasteiger partial charge in [0, 0.05) is 69.0 Å². The minimum atomic E-state index is -0.998. The van der Waals surface area contributed by atoms with E-state index in [0.717, 1.165) is 74.4 Å². The van der Waals surface area contributed by atoms with Crippen LogP contribution in [0.3, 0.4) is 0 Å². The number of carbonyl (C=O) groups excluding carboxylic acids is 6. The summed E-state index contributed by atoms with van der Waals surface area (Å²) in [4.78, 5) is 94.1. The molecular weight excluding hydrogens is 873 g/mol. The standard InChI is InChI=1S/C49H54N10O7S/c50-45-43-44(32-17-19-35(20-18-32)66-34-11-3-1-4-12-34)54-59(46(43)52-31-51-45)33-10-8-24-57(30-33)41(62)16-9-23-55-25-27-56(28-26-55)40(61)15-5-2-6-29-67-38-14-7-13-36-42(38)49(65)58(48(36)64)37-21-22-39(60)53-47(37)63/h1,3-4,7,11-14,17-20,31,33,37H,2,5-6,8-10,15-16,21-30H2,(H2,50,51,52)(H,53,60,63)/t33-,37?/m1/s1. The molecule has 348 valence electrons. The first-order chi connectivity index (χ1) is 32.6. The van der Waals surface area contributed by atoms with Crippen LogP contribution in [0, 0.1) is 0 Å². The van der Waals surface area contributed by atoms with Crippen molar-refractivity contribution in [2.75, 3.05) is 57.3 Å². The molecule has 18 heteroatoms. The number of amides is 6. The highest BCUT2D eigenvalue weighted by molar-refractivity contribution is 7.99. The predicted octanol–water partition coefficient (Wildman–Crippen LogP) is 5.71. The first-order valence-electron chi connectivity index (χ1n) is 23.2. The monoisotopic (exact) mass is 926 g/mol. The molecule has 3 saturated heterocycles. The quantitative estimate of drug-likeness (QED) is 0.0692. The number of piperidine rings is 2. The molecule has 1 unspecified atom stereocenters. The van der Waals surface area contributed by atoms with Crippen LogP contribution >= 0.6 is 11.8 Å². The summed E-state index contributed by atoms with van der Waals surface area (Å²) in [5, 5.41) is 7.97. The van der Waals surface area contributed by atoms with E-state index in [1.807, 2.05) is 75.1 Å². The third-order valence-electron chi connectivity index (χ3n) is 13.0. The smallest absolute Gasteiger partial charge is 0.263 e. The van der Waals surface area contributed by atoms with Crippen LogP contribution in [0.25, 0.3) is 22.3 Å². The fourth-order valence-electron chi connectivity index (χ4n) is 9.47. The minimum absolute atomic E-state index is 0.0646. The van der Waals surface area contributed by atoms with Gasteiger partial charge in [0.25, 0.3) is 11.8 Å². The maximum Gasteiger partial charge on any atom is 0.263 e. The molecule has 0 bridgehead atoms. The lowest BCUT2D eigenvalue weighted by Crippen LogP contribution is -2.54. The maximum atomic E-state index is 13.6. The number of imide groups is 2. The summed E-state index contributed by atoms with van der Waals surface area (Å²) in [7, 11) is 0. The summed E-state index contributed by atoms with van der Waals surface area (Å²) in [5.74, 6) is 0.745. The lowest BCUT2D eigenvalue weighted by atomic mass is 10.0. The van der Waals surface area contributed by atoms with Gasteiger partial charge in [0.1, 0.15) is 35.4 Å². The first-order valence-corrected chi connectivity index (χ1v) is 24.2. The van der Waals surface area contributed by atoms with E-state index in [0.29, 0.717) is 83.5 Å². The number of ether oxygens (including phenoxy) is 1. The van der Waals surface area contributed by atoms with Gasteiger partial charge in [0.15, 0.2) is 5.65 Å². The highest BCUT2D eigenvalue weighted by Gasteiger charge is 2.45. The average Bonchev–Trinajstić information content (AvgIpc) is 3.86. The third-order valence-corrected chi connectivity index (χ3v) is 14.2. The zero-order valence-electron chi connectivity index (χ0n) is 37.3. The van der Waals surface area contributed by atoms with E-state index < -0.39 is 29.7 Å². The molecule has 17 nitrogen and oxygen atoms in total. The molecule has 2 atom stereocenters. The Hall–Kier alpha value is -6.66. The van der Waals surface area contributed by atoms with Crippen molar-refractivity contribution in [2.24, 2.45) is 0 Å². The predicted molar refractivity (Wildman–Crippen MR) is 251 cm³/mol. The van der Waals surface area contributed by atoms with E-state index in [-0.39, 0.29) is 36.3 Å². The van der Waals surface area contributed by atoms with Crippen LogP contribution in [0.1, 0.15) is 91.0 Å². The van der Waals surface area contributed by atoms with Gasteiger partial charge in [-0.1, -0.05) is 30.7 Å². The summed E-state index contributed by atoms with van der Waals surface area (Å²) < 4.78 is 7.91. The van der Waals surface area contributed by atoms with Crippen molar-refractivity contribution >= 4 is 64.1 Å². The van der Waals surface area contributed by atoms with Crippen molar-refractivity contribution in [3.05, 3.63) is 90.3 Å². The number of para-hydroxylation sites is 1. The molecule has 3 aromatic carbocycles. The van der Waals surface area contributed by atoms with Crippen LogP contribution < -0.4 is 15.8 Å². The van der Waals surface area contributed by atoms with Crippen molar-refractivity contribution in [1.82, 2.24) is 44.7 Å². The van der Waals surface area contributed by atoms with E-state index in [2.05, 4.69) is 20.2 Å². The first kappa shape index (κ1) is 45.5. The summed E-state index contributed by atoms with van der Waals surface area (Å²) in [6.07, 6.45) is 7.44. The van der Waals surface area contributed by atoms with E-state index in [1.54, 1.807) is 12.1 Å². The number of anilines is 1. The minimum Gasteiger partial charge on any atom is -0.457 e. The third kappa shape index (κ3) is 10.0. The molecule has 67 heavy (non-hydrogen) atoms. The number of nitrogens with zero attached hydrogens (tertiary/aromatic N) is 8. The van der Waals surface area contributed by atoms with Crippen molar-refractivity contribution in [1.29, 1.82) is 0 Å². The molecule has 5 aromatic rings. The Kier molecular flexibility index (Phi) is 13.9. The number of unbranched alkanes of at least 4 members (excludes halogenated alkanes) is 2. The highest BCUT2D eigenvalue weighted by atomic mass is 32.2. The molecule has 0 spiro atoms. The second-order valence-corrected chi connectivity index (χ2v) is 18.6. The second-order valence-electron chi connectivity index (χ2n) is 17.4. The van der Waals surface area contributed by atoms with Gasteiger partial charge in [-0.3, -0.25) is 43.9 Å². The number of nitrogens with two attached hydrogens (primary N) is 1. The van der Waals surface area contributed by atoms with Gasteiger partial charge >= 0.3 is 0 Å². The summed E-state index contributed by atoms with van der Waals surface area (Å²) >= 11 is 1.49. The molecule has 6 heterocycles. The molecule has 2 aromatic heterocycles. The van der Waals surface area contributed by atoms with E-state index in [1.165, 1.54) is 18.1 Å². The van der Waals surface area contributed by atoms with Gasteiger partial charge in [-0.2, -0.15) is 5.10 Å². The molecule has 3 N–H and O–H groups in total. The van der Waals surface area contributed by atoms with E-state index >= 15 is 0 Å². The van der Waals surface area contributed by atoms with Crippen LogP contribution in [0.5, 0.6) is 11.5 Å². The summed E-state index contributed by atoms with van der Waals surface area (Å²) in [5.41, 5.74) is 9.21. The Labute approximate surface area is 392 Å². The molecule has 4 aliphatic rings. The molecule has 0 radical (unpaired) electrons. The highest BCUT2D eigenvalue weighted by Crippen LogP contribution is 2.37. The van der Waals surface area contributed by atoms with Gasteiger partial charge in [0.2, 0.25) is 23.6 Å². The molecule has 3 fully saturated rings. The Morgan fingerprint density at radius 2 is 1.54 bits per heavy atom. The number of fused-ring (bicyclic) bond motifs is 2. The number of hydrogen-bond acceptors (Lipinski definition) is 13. The van der Waals surface area contributed by atoms with Crippen LogP contribution in [-0.2, 0) is 19.2 Å². The summed E-state index contributed by atoms with van der Waals surface area (Å²) in [6.45, 7) is 4.90. The van der Waals surface area contributed by atoms with Gasteiger partial charge < -0.3 is 20.3 Å². The van der Waals surface area contributed by atoms with Crippen molar-refractivity contribution < 1.29 is 33.5 Å². The number of rotatable bonds is 16. The van der Waals surface area contributed by atoms with Crippen molar-refractivity contribution in [3.63, 3.8) is 0 Å². The van der Waals surface area contributed by atoms with Gasteiger partial charge in [0.05, 0.1) is 22.6 Å². The number of likely N-dealkylation sites (tertiary alicyclic amines) is 1. The van der Waals surface area contributed by atoms with E-state index in [9.17, 15) is 28.8 Å². The Morgan fingerprint density at radius 1 is 0.776 bits per heavy atom. The van der Waals surface area contributed by atoms with Crippen LogP contribution in [0.4, 0.5) is 5.82 Å². The normalized spacial score (nSPS) is 19.0. The number of hydrogen-bond donors (Lipinski definition) is 2. The van der Waals surface area contributed by atoms with Crippen molar-refractivity contribution in [3.8, 4) is 22.8 Å². The number of piperazine rings is 1. The maximum absolute atomic E-state index is 13.6.